The lowest BCUT2D eigenvalue weighted by molar-refractivity contribution is 0.0526. The normalized spacial score (nSPS) is 11.0. The Hall–Kier alpha value is -2.38. The maximum absolute atomic E-state index is 13.1. The summed E-state index contributed by atoms with van der Waals surface area (Å²) in [5, 5.41) is 0.0596. The van der Waals surface area contributed by atoms with E-state index in [1.165, 1.54) is 36.4 Å². The highest BCUT2D eigenvalue weighted by atomic mass is 35.5. The molecule has 0 spiro atoms. The van der Waals surface area contributed by atoms with Crippen LogP contribution in [0.2, 0.25) is 5.02 Å². The van der Waals surface area contributed by atoms with Crippen molar-refractivity contribution in [2.24, 2.45) is 0 Å². The van der Waals surface area contributed by atoms with Crippen LogP contribution in [0.1, 0.15) is 17.3 Å². The Morgan fingerprint density at radius 1 is 1.27 bits per heavy atom. The third kappa shape index (κ3) is 4.23. The zero-order valence-electron chi connectivity index (χ0n) is 14.0. The molecular formula is C18H17ClFNO4S. The van der Waals surface area contributed by atoms with E-state index in [1.807, 2.05) is 0 Å². The van der Waals surface area contributed by atoms with E-state index < -0.39 is 21.8 Å². The average molecular weight is 398 g/mol. The number of hydrogen-bond acceptors (Lipinski definition) is 4. The van der Waals surface area contributed by atoms with Crippen molar-refractivity contribution in [2.75, 3.05) is 17.5 Å². The van der Waals surface area contributed by atoms with Crippen LogP contribution in [-0.4, -0.2) is 27.5 Å². The summed E-state index contributed by atoms with van der Waals surface area (Å²) in [6.07, 6.45) is 1.41. The zero-order valence-corrected chi connectivity index (χ0v) is 15.6. The highest BCUT2D eigenvalue weighted by Crippen LogP contribution is 2.28. The van der Waals surface area contributed by atoms with E-state index in [-0.39, 0.29) is 34.3 Å². The first-order valence-electron chi connectivity index (χ1n) is 7.67. The topological polar surface area (TPSA) is 63.7 Å². The van der Waals surface area contributed by atoms with Crippen molar-refractivity contribution in [1.29, 1.82) is 0 Å². The molecule has 2 aromatic rings. The molecule has 0 saturated heterocycles. The number of halogens is 2. The van der Waals surface area contributed by atoms with Crippen molar-refractivity contribution in [3.05, 3.63) is 71.5 Å². The average Bonchev–Trinajstić information content (AvgIpc) is 2.60. The van der Waals surface area contributed by atoms with Gasteiger partial charge in [0.15, 0.2) is 0 Å². The molecule has 0 N–H and O–H groups in total. The molecule has 0 aliphatic carbocycles. The Morgan fingerprint density at radius 3 is 2.46 bits per heavy atom. The summed E-state index contributed by atoms with van der Waals surface area (Å²) in [4.78, 5) is 11.8. The molecule has 0 aliphatic heterocycles. The molecule has 0 heterocycles. The van der Waals surface area contributed by atoms with Crippen LogP contribution in [0, 0.1) is 5.82 Å². The smallest absolute Gasteiger partial charge is 0.339 e. The van der Waals surface area contributed by atoms with Crippen molar-refractivity contribution in [3.8, 4) is 0 Å². The van der Waals surface area contributed by atoms with Crippen molar-refractivity contribution in [3.63, 3.8) is 0 Å². The van der Waals surface area contributed by atoms with Crippen LogP contribution in [0.4, 0.5) is 10.1 Å². The van der Waals surface area contributed by atoms with Gasteiger partial charge in [-0.2, -0.15) is 0 Å². The molecule has 0 bridgehead atoms. The third-order valence-corrected chi connectivity index (χ3v) is 5.55. The lowest BCUT2D eigenvalue weighted by Crippen LogP contribution is -2.31. The summed E-state index contributed by atoms with van der Waals surface area (Å²) >= 11 is 6.12. The molecule has 8 heteroatoms. The second kappa shape index (κ2) is 8.33. The Morgan fingerprint density at radius 2 is 1.92 bits per heavy atom. The SMILES string of the molecule is C=CCN(c1ccc(C(=O)OCC)c(Cl)c1)S(=O)(=O)c1ccc(F)cc1. The minimum absolute atomic E-state index is 0.0329. The second-order valence-electron chi connectivity index (χ2n) is 5.16. The van der Waals surface area contributed by atoms with Crippen LogP contribution >= 0.6 is 11.6 Å². The quantitative estimate of drug-likeness (QED) is 0.522. The molecule has 5 nitrogen and oxygen atoms in total. The molecule has 2 aromatic carbocycles. The van der Waals surface area contributed by atoms with Gasteiger partial charge < -0.3 is 4.74 Å². The fourth-order valence-corrected chi connectivity index (χ4v) is 3.91. The van der Waals surface area contributed by atoms with Crippen molar-refractivity contribution in [1.82, 2.24) is 0 Å². The second-order valence-corrected chi connectivity index (χ2v) is 7.43. The molecular weight excluding hydrogens is 381 g/mol. The monoisotopic (exact) mass is 397 g/mol. The van der Waals surface area contributed by atoms with Gasteiger partial charge in [-0.05, 0) is 49.4 Å². The van der Waals surface area contributed by atoms with Gasteiger partial charge in [-0.3, -0.25) is 4.31 Å². The zero-order chi connectivity index (χ0) is 19.3. The molecule has 0 radical (unpaired) electrons. The minimum atomic E-state index is -3.97. The summed E-state index contributed by atoms with van der Waals surface area (Å²) in [6, 6.07) is 8.68. The number of hydrogen-bond donors (Lipinski definition) is 0. The predicted octanol–water partition coefficient (Wildman–Crippen LogP) is 4.04. The van der Waals surface area contributed by atoms with Crippen LogP contribution in [0.15, 0.2) is 60.0 Å². The highest BCUT2D eigenvalue weighted by Gasteiger charge is 2.25. The van der Waals surface area contributed by atoms with Crippen LogP contribution in [0.25, 0.3) is 0 Å². The first kappa shape index (κ1) is 19.9. The van der Waals surface area contributed by atoms with Crippen molar-refractivity contribution >= 4 is 33.3 Å². The third-order valence-electron chi connectivity index (χ3n) is 3.43. The van der Waals surface area contributed by atoms with Gasteiger partial charge in [0, 0.05) is 0 Å². The number of benzene rings is 2. The molecule has 0 amide bonds. The van der Waals surface area contributed by atoms with Gasteiger partial charge in [0.05, 0.1) is 34.3 Å². The Kier molecular flexibility index (Phi) is 6.39. The molecule has 0 fully saturated rings. The van der Waals surface area contributed by atoms with E-state index in [4.69, 9.17) is 16.3 Å². The molecule has 0 aliphatic rings. The van der Waals surface area contributed by atoms with Crippen LogP contribution in [-0.2, 0) is 14.8 Å². The number of ether oxygens (including phenoxy) is 1. The van der Waals surface area contributed by atoms with Crippen molar-refractivity contribution < 1.29 is 22.3 Å². The first-order chi connectivity index (χ1) is 12.3. The van der Waals surface area contributed by atoms with Gasteiger partial charge in [-0.1, -0.05) is 17.7 Å². The number of carbonyl (C=O) groups is 1. The number of carbonyl (C=O) groups excluding carboxylic acids is 1. The fourth-order valence-electron chi connectivity index (χ4n) is 2.23. The van der Waals surface area contributed by atoms with Gasteiger partial charge in [0.1, 0.15) is 5.82 Å². The highest BCUT2D eigenvalue weighted by molar-refractivity contribution is 7.92. The van der Waals surface area contributed by atoms with Crippen LogP contribution < -0.4 is 4.31 Å². The summed E-state index contributed by atoms with van der Waals surface area (Å²) in [7, 11) is -3.97. The van der Waals surface area contributed by atoms with Crippen LogP contribution in [0.3, 0.4) is 0 Å². The Balaban J connectivity index is 2.47. The van der Waals surface area contributed by atoms with Crippen molar-refractivity contribution in [2.45, 2.75) is 11.8 Å². The van der Waals surface area contributed by atoms with E-state index >= 15 is 0 Å². The Labute approximate surface area is 156 Å². The molecule has 138 valence electrons. The maximum atomic E-state index is 13.1. The van der Waals surface area contributed by atoms with Gasteiger partial charge >= 0.3 is 5.97 Å². The first-order valence-corrected chi connectivity index (χ1v) is 9.49. The van der Waals surface area contributed by atoms with E-state index in [1.54, 1.807) is 6.92 Å². The van der Waals surface area contributed by atoms with Gasteiger partial charge in [0.25, 0.3) is 10.0 Å². The van der Waals surface area contributed by atoms with E-state index in [9.17, 15) is 17.6 Å². The summed E-state index contributed by atoms with van der Waals surface area (Å²) in [5.41, 5.74) is 0.377. The van der Waals surface area contributed by atoms with Gasteiger partial charge in [-0.25, -0.2) is 17.6 Å². The standard InChI is InChI=1S/C18H17ClFNO4S/c1-3-11-21(26(23,24)15-8-5-13(20)6-9-15)14-7-10-16(17(19)12-14)18(22)25-4-2/h3,5-10,12H,1,4,11H2,2H3. The molecule has 0 aromatic heterocycles. The summed E-state index contributed by atoms with van der Waals surface area (Å²) in [6.45, 7) is 5.39. The maximum Gasteiger partial charge on any atom is 0.339 e. The van der Waals surface area contributed by atoms with E-state index in [2.05, 4.69) is 6.58 Å². The fraction of sp³-hybridized carbons (Fsp3) is 0.167. The largest absolute Gasteiger partial charge is 0.462 e. The molecule has 0 saturated carbocycles. The number of esters is 1. The van der Waals surface area contributed by atoms with E-state index in [0.29, 0.717) is 0 Å². The lowest BCUT2D eigenvalue weighted by atomic mass is 10.2. The van der Waals surface area contributed by atoms with Crippen LogP contribution in [0.5, 0.6) is 0 Å². The number of anilines is 1. The number of sulfonamides is 1. The minimum Gasteiger partial charge on any atom is -0.462 e. The number of rotatable bonds is 7. The predicted molar refractivity (Wildman–Crippen MR) is 98.5 cm³/mol. The number of nitrogens with zero attached hydrogens (tertiary/aromatic N) is 1. The Bertz CT molecular complexity index is 913. The van der Waals surface area contributed by atoms with Gasteiger partial charge in [0.2, 0.25) is 0 Å². The molecule has 0 unspecified atom stereocenters. The molecule has 26 heavy (non-hydrogen) atoms. The molecule has 2 rings (SSSR count). The van der Waals surface area contributed by atoms with Gasteiger partial charge in [-0.15, -0.1) is 6.58 Å². The summed E-state index contributed by atoms with van der Waals surface area (Å²) in [5.74, 6) is -1.14. The van der Waals surface area contributed by atoms with E-state index in [0.717, 1.165) is 16.4 Å². The molecule has 0 atom stereocenters. The lowest BCUT2D eigenvalue weighted by Gasteiger charge is -2.23. The summed E-state index contributed by atoms with van der Waals surface area (Å²) < 4.78 is 44.8.